The number of rotatable bonds is 23. The van der Waals surface area contributed by atoms with Crippen molar-refractivity contribution >= 4 is 58.1 Å². The Balaban J connectivity index is 1.90. The van der Waals surface area contributed by atoms with E-state index in [1.54, 1.807) is 42.7 Å². The third-order valence-electron chi connectivity index (χ3n) is 10.1. The molecule has 1 aromatic carbocycles. The Kier molecular flexibility index (Phi) is 16.4. The summed E-state index contributed by atoms with van der Waals surface area (Å²) in [4.78, 5) is 12.6. The molecule has 1 unspecified atom stereocenters. The largest absolute Gasteiger partial charge is 0.481 e. The zero-order valence-electron chi connectivity index (χ0n) is 33.5. The summed E-state index contributed by atoms with van der Waals surface area (Å²) in [6, 6.07) is 8.70. The zero-order chi connectivity index (χ0) is 44.5. The highest BCUT2D eigenvalue weighted by Crippen LogP contribution is 2.51. The first-order valence-electron chi connectivity index (χ1n) is 19.0. The Bertz CT molecular complexity index is 2590. The van der Waals surface area contributed by atoms with E-state index in [9.17, 15) is 52.1 Å². The van der Waals surface area contributed by atoms with Crippen LogP contribution in [0.3, 0.4) is 0 Å². The maximum absolute atomic E-state index is 13.8. The summed E-state index contributed by atoms with van der Waals surface area (Å²) < 4.78 is 142. The number of methoxy groups -OCH3 is 1. The molecule has 1 atom stereocenters. The molecule has 332 valence electrons. The van der Waals surface area contributed by atoms with E-state index in [2.05, 4.69) is 4.72 Å². The standard InChI is InChI=1S/C38H51N3O15S4/c1-4-40(19-10-24-58(47,48)49)33-27-34-30(26-35(33)59(50,51)39-18-22-55-3)28(16-21-56-34)11-8-12-36-38(2,17-9-23-57(44,45)46)31-25-29(60(52,53)54)14-15-32(31)41(36)20-7-5-6-13-37(42)43/h8,11-12,14-16,21,25-27,39H,4-7,9-10,13,17-20,22-24H2,1-3H3,(H3-,42,43,44,45,46,47,48,49,52,53,54)/p+1. The summed E-state index contributed by atoms with van der Waals surface area (Å²) in [5.74, 6) is -1.75. The smallest absolute Gasteiger partial charge is 0.303 e. The number of aliphatic carboxylic acids is 1. The monoisotopic (exact) mass is 918 g/mol. The fourth-order valence-corrected chi connectivity index (χ4v) is 10.0. The molecule has 60 heavy (non-hydrogen) atoms. The summed E-state index contributed by atoms with van der Waals surface area (Å²) in [6.45, 7) is 4.31. The highest BCUT2D eigenvalue weighted by Gasteiger charge is 2.43. The van der Waals surface area contributed by atoms with Crippen molar-refractivity contribution in [3.63, 3.8) is 0 Å². The van der Waals surface area contributed by atoms with Crippen molar-refractivity contribution in [1.82, 2.24) is 9.30 Å². The van der Waals surface area contributed by atoms with E-state index in [4.69, 9.17) is 14.3 Å². The lowest BCUT2D eigenvalue weighted by atomic mass is 9.77. The van der Waals surface area contributed by atoms with Crippen LogP contribution in [0.1, 0.15) is 69.9 Å². The number of ether oxygens (including phenoxy) is 1. The molecule has 5 N–H and O–H groups in total. The van der Waals surface area contributed by atoms with Gasteiger partial charge in [-0.1, -0.05) is 18.6 Å². The number of carbonyl (C=O) groups is 1. The van der Waals surface area contributed by atoms with Crippen LogP contribution in [0.2, 0.25) is 0 Å². The van der Waals surface area contributed by atoms with Crippen LogP contribution in [-0.2, 0) is 55.3 Å². The first-order valence-corrected chi connectivity index (χ1v) is 25.2. The minimum Gasteiger partial charge on any atom is -0.481 e. The molecule has 0 radical (unpaired) electrons. The fourth-order valence-electron chi connectivity index (χ4n) is 7.26. The van der Waals surface area contributed by atoms with Gasteiger partial charge in [0, 0.05) is 55.4 Å². The number of allylic oxidation sites excluding steroid dienone is 3. The normalized spacial score (nSPS) is 17.5. The number of anilines is 1. The zero-order valence-corrected chi connectivity index (χ0v) is 36.7. The molecule has 3 aliphatic rings. The summed E-state index contributed by atoms with van der Waals surface area (Å²) in [5.41, 5.74) is 1.50. The molecule has 0 aromatic heterocycles. The van der Waals surface area contributed by atoms with Crippen LogP contribution in [0.4, 0.5) is 5.69 Å². The number of sulfonamides is 1. The van der Waals surface area contributed by atoms with Gasteiger partial charge in [-0.25, -0.2) is 17.7 Å². The molecule has 1 aliphatic carbocycles. The molecular weight excluding hydrogens is 867 g/mol. The number of carboxylic acid groups (broad SMARTS) is 1. The summed E-state index contributed by atoms with van der Waals surface area (Å²) in [7, 11) is -16.0. The quantitative estimate of drug-likeness (QED) is 0.0516. The summed E-state index contributed by atoms with van der Waals surface area (Å²) in [5, 5.41) is 9.36. The van der Waals surface area contributed by atoms with E-state index in [1.807, 2.05) is 4.90 Å². The molecule has 0 saturated heterocycles. The van der Waals surface area contributed by atoms with Gasteiger partial charge in [0.05, 0.1) is 35.3 Å². The third kappa shape index (κ3) is 13.0. The van der Waals surface area contributed by atoms with E-state index in [0.717, 1.165) is 0 Å². The maximum atomic E-state index is 13.8. The van der Waals surface area contributed by atoms with Crippen LogP contribution in [-0.4, -0.2) is 110 Å². The van der Waals surface area contributed by atoms with Gasteiger partial charge in [-0.15, -0.1) is 0 Å². The van der Waals surface area contributed by atoms with Crippen molar-refractivity contribution < 1.29 is 66.4 Å². The Morgan fingerprint density at radius 1 is 0.933 bits per heavy atom. The van der Waals surface area contributed by atoms with Crippen LogP contribution in [0.25, 0.3) is 17.4 Å². The number of hydrogen-bond donors (Lipinski definition) is 5. The first-order chi connectivity index (χ1) is 28.0. The molecule has 18 nitrogen and oxygen atoms in total. The molecule has 4 rings (SSSR count). The maximum Gasteiger partial charge on any atom is 0.303 e. The van der Waals surface area contributed by atoms with Crippen molar-refractivity contribution in [3.8, 4) is 11.3 Å². The average Bonchev–Trinajstić information content (AvgIpc) is 3.37. The molecule has 0 amide bonds. The Morgan fingerprint density at radius 3 is 2.27 bits per heavy atom. The van der Waals surface area contributed by atoms with Gasteiger partial charge in [0.15, 0.2) is 4.90 Å². The predicted octanol–water partition coefficient (Wildman–Crippen LogP) is 3.61. The fraction of sp³-hybridized carbons (Fsp3) is 0.474. The topological polar surface area (TPSA) is 275 Å². The van der Waals surface area contributed by atoms with Gasteiger partial charge in [0.1, 0.15) is 18.8 Å². The van der Waals surface area contributed by atoms with Crippen LogP contribution < -0.4 is 19.6 Å². The number of nitrogens with zero attached hydrogens (tertiary/aromatic N) is 2. The van der Waals surface area contributed by atoms with Crippen LogP contribution in [0, 0.1) is 0 Å². The van der Waals surface area contributed by atoms with E-state index in [-0.39, 0.29) is 72.8 Å². The highest BCUT2D eigenvalue weighted by molar-refractivity contribution is 7.89. The lowest BCUT2D eigenvalue weighted by Crippen LogP contribution is -2.38. The Hall–Kier alpha value is -4.00. The van der Waals surface area contributed by atoms with Gasteiger partial charge in [0.2, 0.25) is 15.4 Å². The van der Waals surface area contributed by atoms with Crippen LogP contribution in [0.5, 0.6) is 0 Å². The molecular formula is C38H52N3O15S4+. The molecule has 1 aromatic rings. The number of benzene rings is 2. The Labute approximate surface area is 350 Å². The molecule has 0 saturated carbocycles. The van der Waals surface area contributed by atoms with Crippen molar-refractivity contribution in [2.24, 2.45) is 0 Å². The average molecular weight is 919 g/mol. The van der Waals surface area contributed by atoms with Gasteiger partial charge in [0.25, 0.3) is 30.4 Å². The van der Waals surface area contributed by atoms with E-state index in [1.165, 1.54) is 43.7 Å². The van der Waals surface area contributed by atoms with Gasteiger partial charge >= 0.3 is 5.97 Å². The minimum atomic E-state index is -4.64. The van der Waals surface area contributed by atoms with Crippen molar-refractivity contribution in [2.45, 2.75) is 74.0 Å². The second-order valence-corrected chi connectivity index (χ2v) is 20.7. The van der Waals surface area contributed by atoms with Gasteiger partial charge in [-0.2, -0.15) is 25.3 Å². The van der Waals surface area contributed by atoms with Crippen molar-refractivity contribution in [1.29, 1.82) is 0 Å². The van der Waals surface area contributed by atoms with E-state index < -0.39 is 63.3 Å². The third-order valence-corrected chi connectivity index (χ3v) is 14.1. The van der Waals surface area contributed by atoms with Crippen LogP contribution in [0.15, 0.2) is 74.7 Å². The first kappa shape index (κ1) is 48.7. The van der Waals surface area contributed by atoms with Crippen molar-refractivity contribution in [3.05, 3.63) is 77.0 Å². The number of nitrogens with one attached hydrogen (secondary N) is 1. The van der Waals surface area contributed by atoms with Gasteiger partial charge in [-0.3, -0.25) is 18.5 Å². The molecule has 0 spiro atoms. The van der Waals surface area contributed by atoms with E-state index in [0.29, 0.717) is 53.9 Å². The molecule has 2 heterocycles. The molecule has 0 fully saturated rings. The second-order valence-electron chi connectivity index (χ2n) is 14.4. The highest BCUT2D eigenvalue weighted by atomic mass is 32.2. The summed E-state index contributed by atoms with van der Waals surface area (Å²) in [6.07, 6.45) is 8.11. The van der Waals surface area contributed by atoms with E-state index >= 15 is 0 Å². The van der Waals surface area contributed by atoms with Crippen molar-refractivity contribution in [2.75, 3.05) is 56.3 Å². The number of fused-ring (bicyclic) bond motifs is 2. The van der Waals surface area contributed by atoms with Gasteiger partial charge in [-0.05, 0) is 87.1 Å². The lowest BCUT2D eigenvalue weighted by molar-refractivity contribution is -0.137. The SMILES string of the molecule is CC[N+](CCCS(=O)(=O)O)=c1cc2occc(/C=C/C=C3/N(CCCCCC(=O)O)c4ccc(S(=O)(=O)O)cc4C3(C)CCCS(=O)(=O)O)c-2cc1S(=O)(=O)NCCOC. The number of carboxylic acids is 1. The second kappa shape index (κ2) is 20.2. The van der Waals surface area contributed by atoms with Crippen LogP contribution >= 0.6 is 0 Å². The summed E-state index contributed by atoms with van der Waals surface area (Å²) >= 11 is 0. The molecule has 2 aliphatic heterocycles. The minimum absolute atomic E-state index is 0.00493. The Morgan fingerprint density at radius 2 is 1.63 bits per heavy atom. The number of hydrogen-bond acceptors (Lipinski definition) is 12. The molecule has 22 heteroatoms. The lowest BCUT2D eigenvalue weighted by Gasteiger charge is -2.30. The number of unbranched alkanes of at least 4 members (excludes halogenated alkanes) is 2. The predicted molar refractivity (Wildman–Crippen MR) is 224 cm³/mol. The van der Waals surface area contributed by atoms with Gasteiger partial charge < -0.3 is 19.2 Å². The molecule has 0 bridgehead atoms.